The number of aryl methyl sites for hydroxylation is 2. The number of allylic oxidation sites excluding steroid dienone is 2. The van der Waals surface area contributed by atoms with Gasteiger partial charge in [0.1, 0.15) is 0 Å². The van der Waals surface area contributed by atoms with Gasteiger partial charge in [0.15, 0.2) is 0 Å². The predicted octanol–water partition coefficient (Wildman–Crippen LogP) is 6.09. The summed E-state index contributed by atoms with van der Waals surface area (Å²) in [5, 5.41) is 2.23. The van der Waals surface area contributed by atoms with Gasteiger partial charge in [0.25, 0.3) is 5.91 Å². The van der Waals surface area contributed by atoms with E-state index in [1.807, 2.05) is 46.2 Å². The van der Waals surface area contributed by atoms with Crippen molar-refractivity contribution in [2.45, 2.75) is 40.7 Å². The van der Waals surface area contributed by atoms with Crippen LogP contribution in [0, 0.1) is 13.8 Å². The molecule has 0 radical (unpaired) electrons. The number of carbonyl (C=O) groups excluding carboxylic acids is 1. The second kappa shape index (κ2) is 10.3. The molecule has 1 unspecified atom stereocenters. The molecular formula is C29H33N2OP. The van der Waals surface area contributed by atoms with E-state index in [1.54, 1.807) is 4.90 Å². The zero-order valence-corrected chi connectivity index (χ0v) is 21.5. The Balaban J connectivity index is 1.71. The molecule has 0 aliphatic heterocycles. The number of aromatic nitrogens is 1. The van der Waals surface area contributed by atoms with Gasteiger partial charge < -0.3 is 4.90 Å². The van der Waals surface area contributed by atoms with Crippen LogP contribution in [0.2, 0.25) is 0 Å². The first-order valence-corrected chi connectivity index (χ1v) is 11.6. The summed E-state index contributed by atoms with van der Waals surface area (Å²) in [5.41, 5.74) is 9.35. The van der Waals surface area contributed by atoms with Crippen LogP contribution in [0.15, 0.2) is 73.0 Å². The lowest BCUT2D eigenvalue weighted by Gasteiger charge is -2.20. The van der Waals surface area contributed by atoms with Crippen molar-refractivity contribution in [3.8, 4) is 0 Å². The largest absolute Gasteiger partial charge is 0.337 e. The third-order valence-corrected chi connectivity index (χ3v) is 6.30. The van der Waals surface area contributed by atoms with E-state index >= 15 is 0 Å². The Morgan fingerprint density at radius 3 is 2.55 bits per heavy atom. The third kappa shape index (κ3) is 6.06. The average Bonchev–Trinajstić information content (AvgIpc) is 2.74. The van der Waals surface area contributed by atoms with E-state index in [-0.39, 0.29) is 5.91 Å². The van der Waals surface area contributed by atoms with Gasteiger partial charge in [-0.15, -0.1) is 9.24 Å². The van der Waals surface area contributed by atoms with Crippen LogP contribution in [0.5, 0.6) is 0 Å². The Morgan fingerprint density at radius 2 is 1.85 bits per heavy atom. The van der Waals surface area contributed by atoms with Crippen molar-refractivity contribution in [2.75, 3.05) is 7.05 Å². The van der Waals surface area contributed by atoms with Crippen molar-refractivity contribution in [3.63, 3.8) is 0 Å². The molecule has 0 N–H and O–H groups in total. The summed E-state index contributed by atoms with van der Waals surface area (Å²) < 4.78 is 0. The highest BCUT2D eigenvalue weighted by Gasteiger charge is 2.14. The molecule has 170 valence electrons. The molecule has 1 atom stereocenters. The van der Waals surface area contributed by atoms with E-state index in [2.05, 4.69) is 64.6 Å². The van der Waals surface area contributed by atoms with Crippen LogP contribution in [-0.2, 0) is 17.8 Å². The Bertz CT molecular complexity index is 1290. The molecule has 0 aliphatic rings. The summed E-state index contributed by atoms with van der Waals surface area (Å²) in [4.78, 5) is 19.2. The number of hydrogen-bond acceptors (Lipinski definition) is 2. The summed E-state index contributed by atoms with van der Waals surface area (Å²) in [7, 11) is 4.59. The van der Waals surface area contributed by atoms with Crippen molar-refractivity contribution in [1.82, 2.24) is 9.88 Å². The number of rotatable bonds is 7. The zero-order valence-electron chi connectivity index (χ0n) is 20.3. The lowest BCUT2D eigenvalue weighted by atomic mass is 9.99. The molecule has 3 aromatic rings. The molecule has 0 aliphatic carbocycles. The molecule has 1 aromatic heterocycles. The van der Waals surface area contributed by atoms with Crippen molar-refractivity contribution >= 4 is 36.9 Å². The maximum absolute atomic E-state index is 13.0. The van der Waals surface area contributed by atoms with Crippen LogP contribution in [0.25, 0.3) is 16.5 Å². The summed E-state index contributed by atoms with van der Waals surface area (Å²) >= 11 is 0. The lowest BCUT2D eigenvalue weighted by Crippen LogP contribution is -2.28. The number of fused-ring (bicyclic) bond motifs is 1. The van der Waals surface area contributed by atoms with E-state index in [0.29, 0.717) is 12.1 Å². The molecule has 4 heteroatoms. The van der Waals surface area contributed by atoms with E-state index in [1.165, 1.54) is 11.1 Å². The van der Waals surface area contributed by atoms with Crippen molar-refractivity contribution in [3.05, 3.63) is 101 Å². The molecule has 1 heterocycles. The van der Waals surface area contributed by atoms with Crippen LogP contribution in [-0.4, -0.2) is 22.8 Å². The molecule has 0 fully saturated rings. The van der Waals surface area contributed by atoms with Crippen molar-refractivity contribution in [2.24, 2.45) is 0 Å². The summed E-state index contributed by atoms with van der Waals surface area (Å²) in [5.74, 6) is -0.0745. The monoisotopic (exact) mass is 456 g/mol. The zero-order chi connectivity index (χ0) is 24.3. The van der Waals surface area contributed by atoms with E-state index in [9.17, 15) is 4.79 Å². The average molecular weight is 457 g/mol. The van der Waals surface area contributed by atoms with Crippen LogP contribution >= 0.6 is 9.24 Å². The molecule has 0 bridgehead atoms. The molecular weight excluding hydrogens is 423 g/mol. The fraction of sp³-hybridized carbons (Fsp3) is 0.241. The van der Waals surface area contributed by atoms with Gasteiger partial charge in [-0.2, -0.15) is 0 Å². The normalized spacial score (nSPS) is 11.5. The number of hydrogen-bond donors (Lipinski definition) is 0. The van der Waals surface area contributed by atoms with Crippen LogP contribution < -0.4 is 5.30 Å². The predicted molar refractivity (Wildman–Crippen MR) is 145 cm³/mol. The van der Waals surface area contributed by atoms with Gasteiger partial charge in [-0.05, 0) is 91.5 Å². The second-order valence-electron chi connectivity index (χ2n) is 9.04. The molecule has 2 aromatic carbocycles. The van der Waals surface area contributed by atoms with Gasteiger partial charge in [-0.1, -0.05) is 42.5 Å². The topological polar surface area (TPSA) is 33.2 Å². The number of benzene rings is 2. The molecule has 3 nitrogen and oxygen atoms in total. The molecule has 3 rings (SSSR count). The number of amides is 1. The molecule has 33 heavy (non-hydrogen) atoms. The smallest absolute Gasteiger partial charge is 0.253 e. The molecule has 0 saturated heterocycles. The highest BCUT2D eigenvalue weighted by Crippen LogP contribution is 2.21. The van der Waals surface area contributed by atoms with Gasteiger partial charge >= 0.3 is 0 Å². The molecule has 0 saturated carbocycles. The lowest BCUT2D eigenvalue weighted by molar-refractivity contribution is -0.126. The standard InChI is InChI=1S/C29H33N2OP/c1-18(2)26-15-25(28(33)13-21(26)5)17-31(7)29(32)22(6)10-19(3)11-23-8-9-27-24(14-23)12-20(4)16-30-27/h8-10,12-16H,1,6,11,17,33H2,2-5,7H3/b19-10+. The maximum Gasteiger partial charge on any atom is 0.253 e. The Labute approximate surface area is 200 Å². The summed E-state index contributed by atoms with van der Waals surface area (Å²) in [6.07, 6.45) is 4.54. The highest BCUT2D eigenvalue weighted by molar-refractivity contribution is 7.27. The number of likely N-dealkylation sites (N-methyl/N-ethyl adjacent to an activating group) is 1. The van der Waals surface area contributed by atoms with E-state index in [0.717, 1.165) is 50.5 Å². The fourth-order valence-corrected chi connectivity index (χ4v) is 4.50. The number of carbonyl (C=O) groups is 1. The quantitative estimate of drug-likeness (QED) is 0.245. The van der Waals surface area contributed by atoms with Gasteiger partial charge in [-0.3, -0.25) is 9.78 Å². The van der Waals surface area contributed by atoms with Crippen molar-refractivity contribution < 1.29 is 4.79 Å². The van der Waals surface area contributed by atoms with Crippen LogP contribution in [0.3, 0.4) is 0 Å². The highest BCUT2D eigenvalue weighted by atomic mass is 31.0. The summed E-state index contributed by atoms with van der Waals surface area (Å²) in [6, 6.07) is 12.7. The van der Waals surface area contributed by atoms with Crippen molar-refractivity contribution in [1.29, 1.82) is 0 Å². The van der Waals surface area contributed by atoms with E-state index in [4.69, 9.17) is 0 Å². The first-order valence-electron chi connectivity index (χ1n) is 11.1. The number of pyridine rings is 1. The minimum atomic E-state index is -0.0745. The first kappa shape index (κ1) is 24.6. The Hall–Kier alpha value is -3.03. The molecule has 0 spiro atoms. The minimum Gasteiger partial charge on any atom is -0.337 e. The Kier molecular flexibility index (Phi) is 7.66. The third-order valence-electron chi connectivity index (χ3n) is 5.76. The number of nitrogens with zero attached hydrogens (tertiary/aromatic N) is 2. The van der Waals surface area contributed by atoms with Crippen LogP contribution in [0.4, 0.5) is 0 Å². The van der Waals surface area contributed by atoms with Gasteiger partial charge in [-0.25, -0.2) is 0 Å². The first-order chi connectivity index (χ1) is 15.5. The summed E-state index contributed by atoms with van der Waals surface area (Å²) in [6.45, 7) is 16.8. The van der Waals surface area contributed by atoms with Gasteiger partial charge in [0.2, 0.25) is 0 Å². The molecule has 1 amide bonds. The van der Waals surface area contributed by atoms with Crippen LogP contribution in [0.1, 0.15) is 41.7 Å². The second-order valence-corrected chi connectivity index (χ2v) is 9.66. The maximum atomic E-state index is 13.0. The SMILES string of the molecule is C=C(/C=C(\C)Cc1ccc2ncc(C)cc2c1)C(=O)N(C)Cc1cc(C(=C)C)c(C)cc1P. The minimum absolute atomic E-state index is 0.0745. The fourth-order valence-electron chi connectivity index (χ4n) is 4.08. The van der Waals surface area contributed by atoms with E-state index < -0.39 is 0 Å². The Morgan fingerprint density at radius 1 is 1.12 bits per heavy atom. The van der Waals surface area contributed by atoms with Gasteiger partial charge in [0, 0.05) is 30.7 Å². The van der Waals surface area contributed by atoms with Gasteiger partial charge in [0.05, 0.1) is 5.52 Å².